The number of hydrogen-bond donors (Lipinski definition) is 0. The van der Waals surface area contributed by atoms with Crippen LogP contribution in [-0.4, -0.2) is 8.42 Å². The van der Waals surface area contributed by atoms with Gasteiger partial charge in [0.1, 0.15) is 0 Å². The van der Waals surface area contributed by atoms with Crippen LogP contribution >= 0.6 is 11.3 Å². The Balaban J connectivity index is 2.56. The van der Waals surface area contributed by atoms with Crippen molar-refractivity contribution >= 4 is 35.0 Å². The third-order valence-electron chi connectivity index (χ3n) is 1.58. The first-order valence-electron chi connectivity index (χ1n) is 3.54. The fraction of sp³-hybridized carbons (Fsp3) is 0. The molecule has 1 aromatic heterocycles. The lowest BCUT2D eigenvalue weighted by atomic mass is 10.4. The van der Waals surface area contributed by atoms with E-state index in [9.17, 15) is 8.42 Å². The van der Waals surface area contributed by atoms with Crippen LogP contribution < -0.4 is 0 Å². The second-order valence-corrected chi connectivity index (χ2v) is 6.89. The highest BCUT2D eigenvalue weighted by Crippen LogP contribution is 2.27. The van der Waals surface area contributed by atoms with Crippen LogP contribution in [0.25, 0.3) is 4.91 Å². The van der Waals surface area contributed by atoms with Crippen molar-refractivity contribution in [3.8, 4) is 0 Å². The third kappa shape index (κ3) is 1.67. The van der Waals surface area contributed by atoms with E-state index in [1.54, 1.807) is 22.8 Å². The van der Waals surface area contributed by atoms with Crippen LogP contribution in [0.4, 0.5) is 0 Å². The smallest absolute Gasteiger partial charge is 0.177 e. The van der Waals surface area contributed by atoms with Crippen molar-refractivity contribution < 1.29 is 8.42 Å². The minimum atomic E-state index is -2.03. The molecule has 1 atom stereocenters. The van der Waals surface area contributed by atoms with Crippen molar-refractivity contribution in [3.05, 3.63) is 40.0 Å². The molecule has 5 heteroatoms. The fourth-order valence-corrected chi connectivity index (χ4v) is 4.70. The quantitative estimate of drug-likeness (QED) is 0.739. The van der Waals surface area contributed by atoms with Crippen LogP contribution in [0.15, 0.2) is 35.1 Å². The summed E-state index contributed by atoms with van der Waals surface area (Å²) in [5.41, 5.74) is 0. The molecule has 1 aromatic rings. The Morgan fingerprint density at radius 2 is 2.23 bits per heavy atom. The minimum Gasteiger partial charge on any atom is -0.177 e. The second kappa shape index (κ2) is 3.61. The van der Waals surface area contributed by atoms with E-state index in [4.69, 9.17) is 0 Å². The van der Waals surface area contributed by atoms with Crippen LogP contribution in [0.3, 0.4) is 0 Å². The molecule has 0 amide bonds. The highest BCUT2D eigenvalue weighted by Gasteiger charge is 2.11. The molecule has 0 aromatic carbocycles. The van der Waals surface area contributed by atoms with Gasteiger partial charge in [0, 0.05) is 9.78 Å². The molecule has 0 fully saturated rings. The van der Waals surface area contributed by atoms with Crippen molar-refractivity contribution in [2.75, 3.05) is 0 Å². The Labute approximate surface area is 83.3 Å². The topological polar surface area (TPSA) is 34.1 Å². The van der Waals surface area contributed by atoms with E-state index in [-0.39, 0.29) is 0 Å². The van der Waals surface area contributed by atoms with Gasteiger partial charge < -0.3 is 0 Å². The van der Waals surface area contributed by atoms with Gasteiger partial charge in [-0.1, -0.05) is 12.1 Å². The maximum atomic E-state index is 10.8. The molecule has 0 N–H and O–H groups in total. The molecule has 1 aliphatic heterocycles. The highest BCUT2D eigenvalue weighted by atomic mass is 32.9. The number of rotatable bonds is 1. The Hall–Kier alpha value is -0.650. The molecule has 2 rings (SSSR count). The van der Waals surface area contributed by atoms with E-state index in [1.807, 2.05) is 23.6 Å². The van der Waals surface area contributed by atoms with Crippen molar-refractivity contribution in [1.82, 2.24) is 0 Å². The van der Waals surface area contributed by atoms with Crippen LogP contribution in [0.1, 0.15) is 4.88 Å². The van der Waals surface area contributed by atoms with Crippen molar-refractivity contribution in [3.63, 3.8) is 0 Å². The van der Waals surface area contributed by atoms with E-state index in [0.29, 0.717) is 0 Å². The highest BCUT2D eigenvalue weighted by molar-refractivity contribution is 8.40. The fourth-order valence-electron chi connectivity index (χ4n) is 1.06. The molecule has 2 heterocycles. The molecule has 0 radical (unpaired) electrons. The molecule has 0 saturated heterocycles. The Morgan fingerprint density at radius 1 is 1.38 bits per heavy atom. The first kappa shape index (κ1) is 8.93. The maximum absolute atomic E-state index is 10.8. The van der Waals surface area contributed by atoms with Gasteiger partial charge in [-0.15, -0.1) is 11.3 Å². The van der Waals surface area contributed by atoms with Crippen LogP contribution in [-0.2, 0) is 18.7 Å². The summed E-state index contributed by atoms with van der Waals surface area (Å²) in [7, 11) is -2.76. The first-order valence-corrected chi connectivity index (χ1v) is 7.30. The molecule has 0 bridgehead atoms. The predicted octanol–water partition coefficient (Wildman–Crippen LogP) is 2.03. The number of hydrogen-bond acceptors (Lipinski definition) is 3. The molecule has 0 spiro atoms. The average Bonchev–Trinajstić information content (AvgIpc) is 2.74. The molecule has 1 unspecified atom stereocenters. The van der Waals surface area contributed by atoms with Crippen molar-refractivity contribution in [2.45, 2.75) is 0 Å². The Morgan fingerprint density at radius 3 is 2.85 bits per heavy atom. The molecule has 1 aliphatic rings. The first-order chi connectivity index (χ1) is 6.29. The van der Waals surface area contributed by atoms with E-state index < -0.39 is 18.7 Å². The van der Waals surface area contributed by atoms with Gasteiger partial charge in [-0.05, 0) is 32.4 Å². The average molecular weight is 230 g/mol. The molecule has 0 saturated carbocycles. The number of thiophene rings is 1. The minimum absolute atomic E-state index is 0.739. The zero-order valence-corrected chi connectivity index (χ0v) is 8.95. The maximum Gasteiger partial charge on any atom is 0.249 e. The van der Waals surface area contributed by atoms with E-state index >= 15 is 0 Å². The monoisotopic (exact) mass is 230 g/mol. The number of allylic oxidation sites excluding steroid dienone is 2. The molecule has 68 valence electrons. The van der Waals surface area contributed by atoms with E-state index in [1.165, 1.54) is 0 Å². The Kier molecular flexibility index (Phi) is 2.48. The second-order valence-electron chi connectivity index (χ2n) is 2.34. The standard InChI is InChI=1S/C8H6O2S3/c9-13(10)12-6-2-4-8(12)7-3-1-5-11-7/h1-6H. The predicted molar refractivity (Wildman–Crippen MR) is 57.7 cm³/mol. The van der Waals surface area contributed by atoms with Gasteiger partial charge >= 0.3 is 0 Å². The normalized spacial score (nSPS) is 20.3. The lowest BCUT2D eigenvalue weighted by Gasteiger charge is -1.96. The molecular weight excluding hydrogens is 224 g/mol. The van der Waals surface area contributed by atoms with Gasteiger partial charge in [-0.2, -0.15) is 8.42 Å². The summed E-state index contributed by atoms with van der Waals surface area (Å²) in [6.07, 6.45) is 3.67. The van der Waals surface area contributed by atoms with Crippen LogP contribution in [0, 0.1) is 0 Å². The van der Waals surface area contributed by atoms with Gasteiger partial charge in [0.25, 0.3) is 0 Å². The van der Waals surface area contributed by atoms with E-state index in [0.717, 1.165) is 9.78 Å². The summed E-state index contributed by atoms with van der Waals surface area (Å²) in [6, 6.07) is 3.87. The SMILES string of the molecule is O=S(=O)=S1C=CC=C1c1cccs1. The molecule has 2 nitrogen and oxygen atoms in total. The lowest BCUT2D eigenvalue weighted by Crippen LogP contribution is -1.84. The largest absolute Gasteiger partial charge is 0.249 e. The van der Waals surface area contributed by atoms with Crippen molar-refractivity contribution in [1.29, 1.82) is 0 Å². The van der Waals surface area contributed by atoms with Gasteiger partial charge in [0.05, 0.1) is 0 Å². The van der Waals surface area contributed by atoms with Crippen LogP contribution in [0.2, 0.25) is 0 Å². The summed E-state index contributed by atoms with van der Waals surface area (Å²) >= 11 is 1.57. The zero-order chi connectivity index (χ0) is 9.26. The van der Waals surface area contributed by atoms with Crippen molar-refractivity contribution in [2.24, 2.45) is 0 Å². The van der Waals surface area contributed by atoms with E-state index in [2.05, 4.69) is 0 Å². The van der Waals surface area contributed by atoms with Gasteiger partial charge in [0.2, 0.25) is 9.26 Å². The summed E-state index contributed by atoms with van der Waals surface area (Å²) in [5.74, 6) is 0. The molecular formula is C8H6O2S3. The van der Waals surface area contributed by atoms with Crippen LogP contribution in [0.5, 0.6) is 0 Å². The lowest BCUT2D eigenvalue weighted by molar-refractivity contribution is 0.628. The molecule has 0 aliphatic carbocycles. The summed E-state index contributed by atoms with van der Waals surface area (Å²) in [5, 5.41) is 3.67. The summed E-state index contributed by atoms with van der Waals surface area (Å²) < 4.78 is 21.7. The van der Waals surface area contributed by atoms with Gasteiger partial charge in [0.15, 0.2) is 0 Å². The third-order valence-corrected chi connectivity index (χ3v) is 5.85. The van der Waals surface area contributed by atoms with Gasteiger partial charge in [-0.3, -0.25) is 0 Å². The van der Waals surface area contributed by atoms with Gasteiger partial charge in [-0.25, -0.2) is 0 Å². The summed E-state index contributed by atoms with van der Waals surface area (Å²) in [6.45, 7) is 0. The Bertz CT molecular complexity index is 496. The summed E-state index contributed by atoms with van der Waals surface area (Å²) in [4.78, 5) is 1.95. The zero-order valence-electron chi connectivity index (χ0n) is 6.51. The molecule has 13 heavy (non-hydrogen) atoms.